The van der Waals surface area contributed by atoms with Gasteiger partial charge in [-0.15, -0.1) is 11.3 Å². The Balaban J connectivity index is 1.59. The van der Waals surface area contributed by atoms with E-state index in [4.69, 9.17) is 27.9 Å². The summed E-state index contributed by atoms with van der Waals surface area (Å²) in [5, 5.41) is 11.1. The van der Waals surface area contributed by atoms with Gasteiger partial charge in [0.05, 0.1) is 17.7 Å². The number of carbonyl (C=O) groups excluding carboxylic acids is 1. The quantitative estimate of drug-likeness (QED) is 0.265. The zero-order chi connectivity index (χ0) is 20.4. The number of imidazole rings is 1. The molecule has 10 heteroatoms. The molecule has 0 aromatic carbocycles. The van der Waals surface area contributed by atoms with Crippen molar-refractivity contribution in [3.63, 3.8) is 0 Å². The Bertz CT molecular complexity index is 1170. The average molecular weight is 450 g/mol. The van der Waals surface area contributed by atoms with E-state index in [0.717, 1.165) is 10.4 Å². The van der Waals surface area contributed by atoms with E-state index in [9.17, 15) is 9.90 Å². The van der Waals surface area contributed by atoms with Gasteiger partial charge >= 0.3 is 5.88 Å². The molecule has 0 radical (unpaired) electrons. The first kappa shape index (κ1) is 19.8. The van der Waals surface area contributed by atoms with Crippen LogP contribution < -0.4 is 4.40 Å². The van der Waals surface area contributed by atoms with Crippen molar-refractivity contribution in [2.45, 2.75) is 13.2 Å². The van der Waals surface area contributed by atoms with E-state index in [2.05, 4.69) is 9.97 Å². The first-order valence-electron chi connectivity index (χ1n) is 8.56. The lowest BCUT2D eigenvalue weighted by atomic mass is 10.3. The standard InChI is InChI=1S/C19H14Cl2N4O3S/c20-15-5-4-12(7-22-15)10-28-11-14(26)17-18(27)24-6-2-1-3-16(24)25(17)9-13-8-23-19(21)29-13/h1-8H,9-11H2/p+1. The molecule has 29 heavy (non-hydrogen) atoms. The second-order valence-electron chi connectivity index (χ2n) is 6.17. The molecule has 0 unspecified atom stereocenters. The van der Waals surface area contributed by atoms with Crippen molar-refractivity contribution < 1.29 is 19.0 Å². The van der Waals surface area contributed by atoms with Crippen LogP contribution in [0.5, 0.6) is 5.88 Å². The number of ketones is 1. The van der Waals surface area contributed by atoms with Gasteiger partial charge in [-0.1, -0.05) is 35.3 Å². The fourth-order valence-electron chi connectivity index (χ4n) is 2.95. The highest BCUT2D eigenvalue weighted by molar-refractivity contribution is 7.15. The number of halogens is 2. The molecule has 0 aliphatic heterocycles. The molecule has 0 aliphatic carbocycles. The van der Waals surface area contributed by atoms with Crippen molar-refractivity contribution in [2.24, 2.45) is 0 Å². The van der Waals surface area contributed by atoms with E-state index in [1.807, 2.05) is 12.1 Å². The van der Waals surface area contributed by atoms with Gasteiger partial charge in [0.15, 0.2) is 4.47 Å². The Morgan fingerprint density at radius 1 is 1.21 bits per heavy atom. The summed E-state index contributed by atoms with van der Waals surface area (Å²) in [6.45, 7) is 0.353. The summed E-state index contributed by atoms with van der Waals surface area (Å²) in [6, 6.07) is 8.86. The third kappa shape index (κ3) is 4.25. The van der Waals surface area contributed by atoms with Gasteiger partial charge in [0, 0.05) is 18.5 Å². The fraction of sp³-hybridized carbons (Fsp3) is 0.158. The Hall–Kier alpha value is -2.52. The van der Waals surface area contributed by atoms with Crippen LogP contribution in [0.2, 0.25) is 9.62 Å². The Morgan fingerprint density at radius 3 is 2.79 bits per heavy atom. The van der Waals surface area contributed by atoms with E-state index in [-0.39, 0.29) is 30.6 Å². The van der Waals surface area contributed by atoms with Crippen molar-refractivity contribution in [1.29, 1.82) is 0 Å². The molecule has 0 atom stereocenters. The molecular formula is C19H15Cl2N4O3S+. The average Bonchev–Trinajstić information content (AvgIpc) is 3.25. The highest BCUT2D eigenvalue weighted by Crippen LogP contribution is 2.24. The molecule has 0 bridgehead atoms. The van der Waals surface area contributed by atoms with Gasteiger partial charge in [-0.3, -0.25) is 4.79 Å². The summed E-state index contributed by atoms with van der Waals surface area (Å²) in [5.41, 5.74) is 1.62. The molecule has 0 spiro atoms. The van der Waals surface area contributed by atoms with Crippen LogP contribution in [0.4, 0.5) is 0 Å². The minimum Gasteiger partial charge on any atom is -0.474 e. The zero-order valence-corrected chi connectivity index (χ0v) is 17.3. The summed E-state index contributed by atoms with van der Waals surface area (Å²) in [7, 11) is 0. The molecular weight excluding hydrogens is 435 g/mol. The first-order chi connectivity index (χ1) is 14.0. The molecule has 0 aliphatic rings. The Labute approximate surface area is 179 Å². The van der Waals surface area contributed by atoms with Crippen molar-refractivity contribution in [1.82, 2.24) is 14.5 Å². The summed E-state index contributed by atoms with van der Waals surface area (Å²) >= 11 is 13.0. The molecule has 4 aromatic rings. The number of rotatable bonds is 7. The van der Waals surface area contributed by atoms with E-state index < -0.39 is 0 Å². The zero-order valence-electron chi connectivity index (χ0n) is 15.0. The Kier molecular flexibility index (Phi) is 5.77. The Morgan fingerprint density at radius 2 is 2.07 bits per heavy atom. The third-order valence-electron chi connectivity index (χ3n) is 4.22. The molecule has 1 N–H and O–H groups in total. The molecule has 0 amide bonds. The van der Waals surface area contributed by atoms with Gasteiger partial charge in [-0.05, 0) is 17.7 Å². The number of hydrogen-bond acceptors (Lipinski definition) is 6. The molecule has 0 saturated carbocycles. The van der Waals surface area contributed by atoms with Gasteiger partial charge in [-0.2, -0.15) is 4.40 Å². The van der Waals surface area contributed by atoms with E-state index >= 15 is 0 Å². The number of Topliss-reactive ketones (excluding diaryl/α,β-unsaturated/α-hetero) is 1. The highest BCUT2D eigenvalue weighted by atomic mass is 35.5. The number of carbonyl (C=O) groups is 1. The number of pyridine rings is 2. The molecule has 148 valence electrons. The second kappa shape index (κ2) is 8.46. The maximum absolute atomic E-state index is 12.9. The predicted octanol–water partition coefficient (Wildman–Crippen LogP) is 3.54. The minimum atomic E-state index is -0.344. The van der Waals surface area contributed by atoms with E-state index in [1.54, 1.807) is 45.8 Å². The lowest BCUT2D eigenvalue weighted by Crippen LogP contribution is -2.19. The summed E-state index contributed by atoms with van der Waals surface area (Å²) in [6.07, 6.45) is 4.93. The second-order valence-corrected chi connectivity index (χ2v) is 8.26. The minimum absolute atomic E-state index is 0.141. The number of thiazole rings is 1. The molecule has 4 heterocycles. The van der Waals surface area contributed by atoms with Crippen LogP contribution in [0.25, 0.3) is 5.65 Å². The van der Waals surface area contributed by atoms with Gasteiger partial charge < -0.3 is 9.84 Å². The number of nitrogens with zero attached hydrogens (tertiary/aromatic N) is 4. The smallest absolute Gasteiger partial charge is 0.339 e. The maximum atomic E-state index is 12.9. The molecule has 7 nitrogen and oxygen atoms in total. The predicted molar refractivity (Wildman–Crippen MR) is 109 cm³/mol. The summed E-state index contributed by atoms with van der Waals surface area (Å²) in [4.78, 5) is 21.8. The van der Waals surface area contributed by atoms with Gasteiger partial charge in [0.2, 0.25) is 5.78 Å². The lowest BCUT2D eigenvalue weighted by Gasteiger charge is -2.04. The number of hydrogen-bond donors (Lipinski definition) is 1. The highest BCUT2D eigenvalue weighted by Gasteiger charge is 2.31. The van der Waals surface area contributed by atoms with Crippen LogP contribution in [-0.2, 0) is 17.9 Å². The molecule has 0 saturated heterocycles. The van der Waals surface area contributed by atoms with Crippen molar-refractivity contribution in [2.75, 3.05) is 6.61 Å². The summed E-state index contributed by atoms with van der Waals surface area (Å²) in [5.74, 6) is -0.485. The normalized spacial score (nSPS) is 11.2. The van der Waals surface area contributed by atoms with E-state index in [0.29, 0.717) is 21.8 Å². The van der Waals surface area contributed by atoms with Crippen LogP contribution in [0, 0.1) is 0 Å². The van der Waals surface area contributed by atoms with Crippen molar-refractivity contribution in [3.8, 4) is 5.88 Å². The van der Waals surface area contributed by atoms with Gasteiger partial charge in [0.1, 0.15) is 18.3 Å². The molecule has 0 fully saturated rings. The number of aromatic hydroxyl groups is 1. The van der Waals surface area contributed by atoms with E-state index in [1.165, 1.54) is 11.3 Å². The van der Waals surface area contributed by atoms with Gasteiger partial charge in [-0.25, -0.2) is 14.5 Å². The van der Waals surface area contributed by atoms with Crippen LogP contribution in [0.3, 0.4) is 0 Å². The van der Waals surface area contributed by atoms with Gasteiger partial charge in [0.25, 0.3) is 11.3 Å². The van der Waals surface area contributed by atoms with Crippen molar-refractivity contribution >= 4 is 46.0 Å². The van der Waals surface area contributed by atoms with Crippen molar-refractivity contribution in [3.05, 3.63) is 74.7 Å². The van der Waals surface area contributed by atoms with Crippen LogP contribution in [-0.4, -0.2) is 32.0 Å². The first-order valence-corrected chi connectivity index (χ1v) is 10.1. The number of fused-ring (bicyclic) bond motifs is 1. The molecule has 4 aromatic heterocycles. The van der Waals surface area contributed by atoms with Crippen LogP contribution in [0.1, 0.15) is 20.9 Å². The monoisotopic (exact) mass is 449 g/mol. The lowest BCUT2D eigenvalue weighted by molar-refractivity contribution is -0.521. The third-order valence-corrected chi connectivity index (χ3v) is 5.54. The number of aromatic nitrogens is 4. The molecule has 4 rings (SSSR count). The largest absolute Gasteiger partial charge is 0.474 e. The SMILES string of the molecule is O=C(COCc1ccc(Cl)nc1)c1c(O)[n+]2ccccc2n1Cc1cnc(Cl)s1. The fourth-order valence-corrected chi connectivity index (χ4v) is 4.03. The maximum Gasteiger partial charge on any atom is 0.339 e. The van der Waals surface area contributed by atoms with Crippen LogP contribution in [0.15, 0.2) is 48.9 Å². The topological polar surface area (TPSA) is 81.3 Å². The van der Waals surface area contributed by atoms with Crippen LogP contribution >= 0.6 is 34.5 Å². The summed E-state index contributed by atoms with van der Waals surface area (Å²) < 4.78 is 9.24. The number of ether oxygens (including phenoxy) is 1.